The van der Waals surface area contributed by atoms with E-state index in [1.807, 2.05) is 0 Å². The molecule has 2 rings (SSSR count). The maximum Gasteiger partial charge on any atom is 0.458 e. The lowest BCUT2D eigenvalue weighted by Gasteiger charge is -2.22. The molecule has 0 N–H and O–H groups in total. The van der Waals surface area contributed by atoms with Crippen LogP contribution in [-0.2, 0) is 13.0 Å². The first kappa shape index (κ1) is 13.6. The molecule has 1 aromatic heterocycles. The van der Waals surface area contributed by atoms with E-state index in [9.17, 15) is 22.0 Å². The molecule has 18 heavy (non-hydrogen) atoms. The highest BCUT2D eigenvalue weighted by atomic mass is 127. The lowest BCUT2D eigenvalue weighted by Crippen LogP contribution is -2.34. The van der Waals surface area contributed by atoms with Crippen molar-refractivity contribution in [2.45, 2.75) is 12.1 Å². The molecular formula is C11H7F5IN. The number of halogens is 6. The number of rotatable bonds is 1. The number of nitrogens with zero attached hydrogens (tertiary/aromatic N) is 1. The highest BCUT2D eigenvalue weighted by Gasteiger charge is 2.60. The van der Waals surface area contributed by atoms with E-state index >= 15 is 0 Å². The summed E-state index contributed by atoms with van der Waals surface area (Å²) in [7, 11) is 1.59. The average Bonchev–Trinajstić information content (AvgIpc) is 2.58. The van der Waals surface area contributed by atoms with Crippen LogP contribution in [0.25, 0.3) is 10.9 Å². The van der Waals surface area contributed by atoms with E-state index in [0.717, 1.165) is 0 Å². The van der Waals surface area contributed by atoms with Crippen LogP contribution in [0, 0.1) is 3.57 Å². The zero-order valence-electron chi connectivity index (χ0n) is 9.02. The van der Waals surface area contributed by atoms with Gasteiger partial charge in [-0.25, -0.2) is 0 Å². The smallest absolute Gasteiger partial charge is 0.351 e. The van der Waals surface area contributed by atoms with Crippen LogP contribution in [0.3, 0.4) is 0 Å². The van der Waals surface area contributed by atoms with Gasteiger partial charge < -0.3 is 4.57 Å². The van der Waals surface area contributed by atoms with Crippen LogP contribution in [0.2, 0.25) is 0 Å². The summed E-state index contributed by atoms with van der Waals surface area (Å²) >= 11 is 1.49. The second-order valence-corrected chi connectivity index (χ2v) is 5.02. The maximum absolute atomic E-state index is 13.5. The van der Waals surface area contributed by atoms with Crippen molar-refractivity contribution in [1.82, 2.24) is 4.57 Å². The van der Waals surface area contributed by atoms with Crippen molar-refractivity contribution < 1.29 is 22.0 Å². The van der Waals surface area contributed by atoms with Gasteiger partial charge >= 0.3 is 12.1 Å². The van der Waals surface area contributed by atoms with E-state index in [-0.39, 0.29) is 8.96 Å². The summed E-state index contributed by atoms with van der Waals surface area (Å²) in [6.45, 7) is 0. The number of aryl methyl sites for hydroxylation is 1. The lowest BCUT2D eigenvalue weighted by atomic mass is 10.0. The van der Waals surface area contributed by atoms with Gasteiger partial charge in [0.15, 0.2) is 0 Å². The molecule has 0 fully saturated rings. The zero-order chi connectivity index (χ0) is 13.7. The van der Waals surface area contributed by atoms with Gasteiger partial charge in [0.1, 0.15) is 0 Å². The van der Waals surface area contributed by atoms with Crippen LogP contribution in [0.1, 0.15) is 5.56 Å². The first-order chi connectivity index (χ1) is 8.16. The third kappa shape index (κ3) is 1.88. The Labute approximate surface area is 113 Å². The SMILES string of the molecule is Cn1ccc2c(C(F)(F)C(F)(F)F)c(I)ccc21. The van der Waals surface area contributed by atoms with Gasteiger partial charge in [-0.3, -0.25) is 0 Å². The largest absolute Gasteiger partial charge is 0.458 e. The summed E-state index contributed by atoms with van der Waals surface area (Å²) in [5.41, 5.74) is -0.636. The Balaban J connectivity index is 2.82. The minimum absolute atomic E-state index is 0.0771. The van der Waals surface area contributed by atoms with Crippen molar-refractivity contribution in [3.8, 4) is 0 Å². The normalized spacial score (nSPS) is 13.3. The molecule has 1 heterocycles. The number of benzene rings is 1. The summed E-state index contributed by atoms with van der Waals surface area (Å²) < 4.78 is 65.9. The summed E-state index contributed by atoms with van der Waals surface area (Å²) in [5, 5.41) is -0.0771. The Bertz CT molecular complexity index is 599. The van der Waals surface area contributed by atoms with Crippen molar-refractivity contribution >= 4 is 33.5 Å². The van der Waals surface area contributed by atoms with E-state index in [0.29, 0.717) is 5.52 Å². The molecule has 0 amide bonds. The highest BCUT2D eigenvalue weighted by molar-refractivity contribution is 14.1. The third-order valence-electron chi connectivity index (χ3n) is 2.69. The summed E-state index contributed by atoms with van der Waals surface area (Å²) in [5.74, 6) is -4.86. The fraction of sp³-hybridized carbons (Fsp3) is 0.273. The van der Waals surface area contributed by atoms with Crippen molar-refractivity contribution in [2.24, 2.45) is 7.05 Å². The van der Waals surface area contributed by atoms with Gasteiger partial charge in [0.25, 0.3) is 0 Å². The molecule has 0 aliphatic rings. The Morgan fingerprint density at radius 3 is 2.22 bits per heavy atom. The molecule has 0 saturated carbocycles. The van der Waals surface area contributed by atoms with Crippen LogP contribution in [0.4, 0.5) is 22.0 Å². The van der Waals surface area contributed by atoms with Crippen molar-refractivity contribution in [3.63, 3.8) is 0 Å². The number of aromatic nitrogens is 1. The van der Waals surface area contributed by atoms with Gasteiger partial charge in [-0.2, -0.15) is 22.0 Å². The van der Waals surface area contributed by atoms with Gasteiger partial charge in [-0.15, -0.1) is 0 Å². The van der Waals surface area contributed by atoms with Gasteiger partial charge in [0.05, 0.1) is 5.56 Å². The topological polar surface area (TPSA) is 4.93 Å². The summed E-state index contributed by atoms with van der Waals surface area (Å²) in [4.78, 5) is 0. The van der Waals surface area contributed by atoms with Crippen LogP contribution in [0.5, 0.6) is 0 Å². The Morgan fingerprint density at radius 2 is 1.67 bits per heavy atom. The van der Waals surface area contributed by atoms with Gasteiger partial charge in [-0.05, 0) is 40.8 Å². The van der Waals surface area contributed by atoms with E-state index in [1.165, 1.54) is 51.6 Å². The molecule has 0 saturated heterocycles. The molecule has 1 nitrogen and oxygen atoms in total. The fourth-order valence-electron chi connectivity index (χ4n) is 1.79. The molecule has 1 aromatic carbocycles. The Morgan fingerprint density at radius 1 is 1.06 bits per heavy atom. The number of hydrogen-bond acceptors (Lipinski definition) is 0. The number of alkyl halides is 5. The Kier molecular flexibility index (Phi) is 3.07. The van der Waals surface area contributed by atoms with E-state index in [1.54, 1.807) is 7.05 Å². The van der Waals surface area contributed by atoms with Crippen LogP contribution < -0.4 is 0 Å². The number of fused-ring (bicyclic) bond motifs is 1. The lowest BCUT2D eigenvalue weighted by molar-refractivity contribution is -0.289. The fourth-order valence-corrected chi connectivity index (χ4v) is 2.59. The molecule has 0 bridgehead atoms. The zero-order valence-corrected chi connectivity index (χ0v) is 11.2. The minimum atomic E-state index is -5.60. The first-order valence-corrected chi connectivity index (χ1v) is 5.92. The summed E-state index contributed by atoms with van der Waals surface area (Å²) in [6, 6.07) is 4.05. The number of hydrogen-bond donors (Lipinski definition) is 0. The van der Waals surface area contributed by atoms with Crippen LogP contribution in [-0.4, -0.2) is 10.7 Å². The third-order valence-corrected chi connectivity index (χ3v) is 3.59. The van der Waals surface area contributed by atoms with Crippen LogP contribution in [0.15, 0.2) is 24.4 Å². The van der Waals surface area contributed by atoms with E-state index in [4.69, 9.17) is 0 Å². The van der Waals surface area contributed by atoms with Gasteiger partial charge in [-0.1, -0.05) is 0 Å². The van der Waals surface area contributed by atoms with Crippen LogP contribution >= 0.6 is 22.6 Å². The molecule has 98 valence electrons. The molecule has 0 aliphatic heterocycles. The second kappa shape index (κ2) is 4.07. The predicted molar refractivity (Wildman–Crippen MR) is 65.6 cm³/mol. The first-order valence-electron chi connectivity index (χ1n) is 4.85. The molecule has 0 aliphatic carbocycles. The quantitative estimate of drug-likeness (QED) is 0.513. The average molecular weight is 375 g/mol. The molecule has 0 atom stereocenters. The minimum Gasteiger partial charge on any atom is -0.351 e. The van der Waals surface area contributed by atoms with Crippen molar-refractivity contribution in [3.05, 3.63) is 33.5 Å². The molecule has 7 heteroatoms. The Hall–Kier alpha value is -0.860. The predicted octanol–water partition coefficient (Wildman–Crippen LogP) is 4.44. The van der Waals surface area contributed by atoms with Gasteiger partial charge in [0.2, 0.25) is 0 Å². The molecule has 2 aromatic rings. The molecule has 0 spiro atoms. The highest BCUT2D eigenvalue weighted by Crippen LogP contribution is 2.47. The van der Waals surface area contributed by atoms with E-state index in [2.05, 4.69) is 0 Å². The molecular weight excluding hydrogens is 368 g/mol. The van der Waals surface area contributed by atoms with E-state index < -0.39 is 17.7 Å². The maximum atomic E-state index is 13.5. The van der Waals surface area contributed by atoms with Gasteiger partial charge in [0, 0.05) is 27.7 Å². The standard InChI is InChI=1S/C11H7F5IN/c1-18-5-4-6-8(18)3-2-7(17)9(6)10(12,13)11(14,15)16/h2-5H,1H3. The molecule has 0 radical (unpaired) electrons. The summed E-state index contributed by atoms with van der Waals surface area (Å²) in [6.07, 6.45) is -4.15. The van der Waals surface area contributed by atoms with Crippen molar-refractivity contribution in [2.75, 3.05) is 0 Å². The van der Waals surface area contributed by atoms with Crippen molar-refractivity contribution in [1.29, 1.82) is 0 Å². The second-order valence-electron chi connectivity index (χ2n) is 3.85. The molecule has 0 unspecified atom stereocenters. The monoisotopic (exact) mass is 375 g/mol.